The number of benzene rings is 1. The molecule has 0 aliphatic rings. The first kappa shape index (κ1) is 15.9. The number of unbranched alkanes of at least 4 members (excludes halogenated alkanes) is 5. The van der Waals surface area contributed by atoms with Crippen molar-refractivity contribution in [1.82, 2.24) is 0 Å². The molecule has 0 aliphatic heterocycles. The summed E-state index contributed by atoms with van der Waals surface area (Å²) in [7, 11) is 0. The van der Waals surface area contributed by atoms with Gasteiger partial charge >= 0.3 is 0 Å². The first-order valence-corrected chi connectivity index (χ1v) is 7.90. The summed E-state index contributed by atoms with van der Waals surface area (Å²) >= 11 is 0. The highest BCUT2D eigenvalue weighted by atomic mass is 16.1. The van der Waals surface area contributed by atoms with Gasteiger partial charge in [0.25, 0.3) is 0 Å². The fourth-order valence-electron chi connectivity index (χ4n) is 2.40. The van der Waals surface area contributed by atoms with Crippen molar-refractivity contribution in [3.8, 4) is 0 Å². The van der Waals surface area contributed by atoms with Crippen LogP contribution in [0, 0.1) is 0 Å². The van der Waals surface area contributed by atoms with E-state index >= 15 is 0 Å². The Hall–Kier alpha value is -1.11. The van der Waals surface area contributed by atoms with Crippen LogP contribution in [0.2, 0.25) is 0 Å². The maximum atomic E-state index is 12.1. The highest BCUT2D eigenvalue weighted by Gasteiger charge is 2.06. The van der Waals surface area contributed by atoms with E-state index in [0.29, 0.717) is 12.2 Å². The van der Waals surface area contributed by atoms with Gasteiger partial charge in [0.05, 0.1) is 0 Å². The predicted molar refractivity (Wildman–Crippen MR) is 82.8 cm³/mol. The van der Waals surface area contributed by atoms with Crippen LogP contribution in [0.4, 0.5) is 0 Å². The molecule has 0 saturated heterocycles. The average molecular weight is 260 g/mol. The Morgan fingerprint density at radius 1 is 0.947 bits per heavy atom. The van der Waals surface area contributed by atoms with Crippen LogP contribution in [0.3, 0.4) is 0 Å². The Labute approximate surface area is 118 Å². The molecular formula is C18H28O. The summed E-state index contributed by atoms with van der Waals surface area (Å²) in [6.07, 6.45) is 10.3. The van der Waals surface area contributed by atoms with Crippen molar-refractivity contribution in [3.63, 3.8) is 0 Å². The third kappa shape index (κ3) is 6.56. The van der Waals surface area contributed by atoms with Gasteiger partial charge in [-0.25, -0.2) is 0 Å². The van der Waals surface area contributed by atoms with E-state index in [1.54, 1.807) is 0 Å². The van der Waals surface area contributed by atoms with Gasteiger partial charge in [0.2, 0.25) is 0 Å². The third-order valence-corrected chi connectivity index (χ3v) is 3.55. The highest BCUT2D eigenvalue weighted by molar-refractivity contribution is 5.96. The SMILES string of the molecule is CCCCCCCCC(=O)c1cccc(CCC)c1. The second-order valence-electron chi connectivity index (χ2n) is 5.39. The van der Waals surface area contributed by atoms with Crippen molar-refractivity contribution in [2.24, 2.45) is 0 Å². The number of carbonyl (C=O) groups is 1. The van der Waals surface area contributed by atoms with E-state index in [2.05, 4.69) is 26.0 Å². The summed E-state index contributed by atoms with van der Waals surface area (Å²) in [4.78, 5) is 12.1. The normalized spacial score (nSPS) is 10.6. The highest BCUT2D eigenvalue weighted by Crippen LogP contribution is 2.13. The van der Waals surface area contributed by atoms with E-state index < -0.39 is 0 Å². The van der Waals surface area contributed by atoms with Crippen LogP contribution >= 0.6 is 0 Å². The van der Waals surface area contributed by atoms with Gasteiger partial charge in [-0.15, -0.1) is 0 Å². The zero-order valence-electron chi connectivity index (χ0n) is 12.6. The quantitative estimate of drug-likeness (QED) is 0.397. The summed E-state index contributed by atoms with van der Waals surface area (Å²) in [5.41, 5.74) is 2.19. The van der Waals surface area contributed by atoms with Crippen molar-refractivity contribution in [1.29, 1.82) is 0 Å². The number of hydrogen-bond donors (Lipinski definition) is 0. The van der Waals surface area contributed by atoms with Gasteiger partial charge in [0.1, 0.15) is 0 Å². The molecule has 0 N–H and O–H groups in total. The zero-order valence-corrected chi connectivity index (χ0v) is 12.6. The maximum Gasteiger partial charge on any atom is 0.162 e. The predicted octanol–water partition coefficient (Wildman–Crippen LogP) is 5.57. The fourth-order valence-corrected chi connectivity index (χ4v) is 2.40. The van der Waals surface area contributed by atoms with Gasteiger partial charge in [-0.05, 0) is 24.5 Å². The minimum atomic E-state index is 0.313. The van der Waals surface area contributed by atoms with Crippen LogP contribution in [0.1, 0.15) is 81.1 Å². The van der Waals surface area contributed by atoms with Crippen LogP contribution in [-0.2, 0) is 6.42 Å². The second kappa shape index (κ2) is 9.77. The molecule has 0 atom stereocenters. The van der Waals surface area contributed by atoms with Crippen molar-refractivity contribution < 1.29 is 4.79 Å². The molecule has 0 aliphatic carbocycles. The van der Waals surface area contributed by atoms with Crippen molar-refractivity contribution in [3.05, 3.63) is 35.4 Å². The Bertz CT molecular complexity index is 368. The molecule has 19 heavy (non-hydrogen) atoms. The molecule has 0 heterocycles. The summed E-state index contributed by atoms with van der Waals surface area (Å²) in [5, 5.41) is 0. The van der Waals surface area contributed by atoms with Crippen LogP contribution in [0.15, 0.2) is 24.3 Å². The third-order valence-electron chi connectivity index (χ3n) is 3.55. The van der Waals surface area contributed by atoms with Crippen LogP contribution in [-0.4, -0.2) is 5.78 Å². The van der Waals surface area contributed by atoms with E-state index in [0.717, 1.165) is 24.8 Å². The first-order chi connectivity index (χ1) is 9.27. The molecule has 1 aromatic carbocycles. The monoisotopic (exact) mass is 260 g/mol. The Kier molecular flexibility index (Phi) is 8.20. The summed E-state index contributed by atoms with van der Waals surface area (Å²) in [6.45, 7) is 4.40. The molecule has 0 bridgehead atoms. The van der Waals surface area contributed by atoms with Gasteiger partial charge < -0.3 is 0 Å². The summed E-state index contributed by atoms with van der Waals surface area (Å²) in [5.74, 6) is 0.313. The first-order valence-electron chi connectivity index (χ1n) is 7.90. The van der Waals surface area contributed by atoms with E-state index in [-0.39, 0.29) is 0 Å². The lowest BCUT2D eigenvalue weighted by Crippen LogP contribution is -2.00. The minimum absolute atomic E-state index is 0.313. The largest absolute Gasteiger partial charge is 0.294 e. The smallest absolute Gasteiger partial charge is 0.162 e. The van der Waals surface area contributed by atoms with Gasteiger partial charge in [-0.3, -0.25) is 4.79 Å². The standard InChI is InChI=1S/C18H28O/c1-3-5-6-7-8-9-14-18(19)17-13-10-12-16(15-17)11-4-2/h10,12-13,15H,3-9,11,14H2,1-2H3. The zero-order chi connectivity index (χ0) is 13.9. The Morgan fingerprint density at radius 2 is 1.68 bits per heavy atom. The molecule has 0 radical (unpaired) electrons. The molecule has 106 valence electrons. The topological polar surface area (TPSA) is 17.1 Å². The van der Waals surface area contributed by atoms with Crippen molar-refractivity contribution >= 4 is 5.78 Å². The number of aryl methyl sites for hydroxylation is 1. The number of carbonyl (C=O) groups excluding carboxylic acids is 1. The van der Waals surface area contributed by atoms with Crippen molar-refractivity contribution in [2.45, 2.75) is 71.6 Å². The lowest BCUT2D eigenvalue weighted by Gasteiger charge is -2.04. The molecular weight excluding hydrogens is 232 g/mol. The molecule has 0 amide bonds. The molecule has 0 spiro atoms. The van der Waals surface area contributed by atoms with E-state index in [4.69, 9.17) is 0 Å². The fraction of sp³-hybridized carbons (Fsp3) is 0.611. The Morgan fingerprint density at radius 3 is 2.42 bits per heavy atom. The van der Waals surface area contributed by atoms with Gasteiger partial charge in [-0.2, -0.15) is 0 Å². The van der Waals surface area contributed by atoms with Gasteiger partial charge in [0, 0.05) is 12.0 Å². The summed E-state index contributed by atoms with van der Waals surface area (Å²) in [6, 6.07) is 8.16. The number of Topliss-reactive ketones (excluding diaryl/α,β-unsaturated/α-hetero) is 1. The Balaban J connectivity index is 2.30. The molecule has 0 aromatic heterocycles. The number of hydrogen-bond acceptors (Lipinski definition) is 1. The molecule has 0 saturated carbocycles. The molecule has 1 nitrogen and oxygen atoms in total. The molecule has 0 fully saturated rings. The minimum Gasteiger partial charge on any atom is -0.294 e. The molecule has 1 rings (SSSR count). The number of rotatable bonds is 10. The molecule has 0 unspecified atom stereocenters. The molecule has 1 heteroatoms. The van der Waals surface area contributed by atoms with Crippen LogP contribution in [0.5, 0.6) is 0 Å². The average Bonchev–Trinajstić information content (AvgIpc) is 2.43. The number of ketones is 1. The lowest BCUT2D eigenvalue weighted by molar-refractivity contribution is 0.0979. The van der Waals surface area contributed by atoms with E-state index in [1.807, 2.05) is 12.1 Å². The van der Waals surface area contributed by atoms with Gasteiger partial charge in [-0.1, -0.05) is 70.6 Å². The molecule has 1 aromatic rings. The van der Waals surface area contributed by atoms with Crippen molar-refractivity contribution in [2.75, 3.05) is 0 Å². The van der Waals surface area contributed by atoms with E-state index in [9.17, 15) is 4.79 Å². The maximum absolute atomic E-state index is 12.1. The van der Waals surface area contributed by atoms with E-state index in [1.165, 1.54) is 37.7 Å². The van der Waals surface area contributed by atoms with Gasteiger partial charge in [0.15, 0.2) is 5.78 Å². The second-order valence-corrected chi connectivity index (χ2v) is 5.39. The van der Waals surface area contributed by atoms with Crippen LogP contribution in [0.25, 0.3) is 0 Å². The summed E-state index contributed by atoms with van der Waals surface area (Å²) < 4.78 is 0. The lowest BCUT2D eigenvalue weighted by atomic mass is 10.0. The van der Waals surface area contributed by atoms with Crippen LogP contribution < -0.4 is 0 Å².